The van der Waals surface area contributed by atoms with Gasteiger partial charge in [-0.25, -0.2) is 0 Å². The molecular formula is C14H22BrClN4O. The highest BCUT2D eigenvalue weighted by molar-refractivity contribution is 9.10. The second kappa shape index (κ2) is 6.67. The van der Waals surface area contributed by atoms with Gasteiger partial charge in [0.25, 0.3) is 0 Å². The number of likely N-dealkylation sites (tertiary alicyclic amines) is 1. The van der Waals surface area contributed by atoms with Gasteiger partial charge in [0.15, 0.2) is 0 Å². The van der Waals surface area contributed by atoms with E-state index >= 15 is 0 Å². The first-order valence-electron chi connectivity index (χ1n) is 7.36. The minimum Gasteiger partial charge on any atom is -0.341 e. The minimum absolute atomic E-state index is 0. The van der Waals surface area contributed by atoms with E-state index in [9.17, 15) is 4.79 Å². The fraction of sp³-hybridized carbons (Fsp3) is 0.714. The van der Waals surface area contributed by atoms with E-state index in [1.807, 2.05) is 22.0 Å². The number of nitrogens with two attached hydrogens (primary N) is 1. The lowest BCUT2D eigenvalue weighted by atomic mass is 9.95. The fourth-order valence-corrected chi connectivity index (χ4v) is 3.68. The van der Waals surface area contributed by atoms with Gasteiger partial charge in [-0.3, -0.25) is 9.48 Å². The van der Waals surface area contributed by atoms with Gasteiger partial charge < -0.3 is 10.6 Å². The lowest BCUT2D eigenvalue weighted by Crippen LogP contribution is -2.55. The molecule has 1 aliphatic carbocycles. The van der Waals surface area contributed by atoms with E-state index in [1.165, 1.54) is 0 Å². The molecule has 7 heteroatoms. The van der Waals surface area contributed by atoms with Crippen LogP contribution in [0.3, 0.4) is 0 Å². The van der Waals surface area contributed by atoms with Crippen LogP contribution in [0.15, 0.2) is 16.9 Å². The highest BCUT2D eigenvalue weighted by atomic mass is 79.9. The Morgan fingerprint density at radius 3 is 2.48 bits per heavy atom. The second-order valence-corrected chi connectivity index (χ2v) is 6.94. The zero-order chi connectivity index (χ0) is 14.2. The second-order valence-electron chi connectivity index (χ2n) is 6.03. The van der Waals surface area contributed by atoms with Crippen LogP contribution in [0.1, 0.15) is 44.6 Å². The van der Waals surface area contributed by atoms with E-state index in [2.05, 4.69) is 21.0 Å². The maximum absolute atomic E-state index is 12.5. The molecule has 0 atom stereocenters. The van der Waals surface area contributed by atoms with Gasteiger partial charge in [-0.2, -0.15) is 5.10 Å². The van der Waals surface area contributed by atoms with Crippen molar-refractivity contribution in [2.24, 2.45) is 5.73 Å². The molecule has 0 unspecified atom stereocenters. The fourth-order valence-electron chi connectivity index (χ4n) is 3.38. The molecule has 1 saturated heterocycles. The van der Waals surface area contributed by atoms with Crippen LogP contribution in [-0.2, 0) is 4.79 Å². The number of aromatic nitrogens is 2. The van der Waals surface area contributed by atoms with Crippen molar-refractivity contribution in [2.75, 3.05) is 13.1 Å². The maximum atomic E-state index is 12.5. The van der Waals surface area contributed by atoms with Gasteiger partial charge >= 0.3 is 0 Å². The summed E-state index contributed by atoms with van der Waals surface area (Å²) in [6.07, 6.45) is 9.58. The monoisotopic (exact) mass is 376 g/mol. The Kier molecular flexibility index (Phi) is 5.33. The summed E-state index contributed by atoms with van der Waals surface area (Å²) in [7, 11) is 0. The molecular weight excluding hydrogens is 356 g/mol. The van der Waals surface area contributed by atoms with E-state index in [4.69, 9.17) is 5.73 Å². The molecule has 1 aromatic rings. The molecule has 118 valence electrons. The van der Waals surface area contributed by atoms with Crippen molar-refractivity contribution >= 4 is 34.2 Å². The Morgan fingerprint density at radius 2 is 1.95 bits per heavy atom. The van der Waals surface area contributed by atoms with Gasteiger partial charge in [0.1, 0.15) is 0 Å². The maximum Gasteiger partial charge on any atom is 0.242 e. The molecule has 0 spiro atoms. The van der Waals surface area contributed by atoms with Crippen LogP contribution in [0.5, 0.6) is 0 Å². The van der Waals surface area contributed by atoms with Crippen molar-refractivity contribution in [2.45, 2.75) is 50.1 Å². The Morgan fingerprint density at radius 1 is 1.33 bits per heavy atom. The molecule has 2 fully saturated rings. The molecule has 1 aliphatic heterocycles. The number of hydrogen-bond acceptors (Lipinski definition) is 3. The summed E-state index contributed by atoms with van der Waals surface area (Å²) in [5, 5.41) is 4.34. The predicted octanol–water partition coefficient (Wildman–Crippen LogP) is 2.50. The van der Waals surface area contributed by atoms with Gasteiger partial charge in [0.2, 0.25) is 5.91 Å². The molecule has 0 bridgehead atoms. The first kappa shape index (κ1) is 16.8. The molecule has 5 nitrogen and oxygen atoms in total. The Labute approximate surface area is 139 Å². The van der Waals surface area contributed by atoms with Crippen molar-refractivity contribution < 1.29 is 4.79 Å². The number of nitrogens with zero attached hydrogens (tertiary/aromatic N) is 3. The zero-order valence-corrected chi connectivity index (χ0v) is 14.4. The SMILES string of the molecule is Cl.NC1(C(=O)N2CCC(n3cc(Br)cn3)CC2)CCCC1. The van der Waals surface area contributed by atoms with Crippen LogP contribution in [0.4, 0.5) is 0 Å². The first-order valence-corrected chi connectivity index (χ1v) is 8.16. The van der Waals surface area contributed by atoms with Crippen LogP contribution < -0.4 is 5.73 Å². The molecule has 3 rings (SSSR count). The largest absolute Gasteiger partial charge is 0.341 e. The van der Waals surface area contributed by atoms with E-state index in [0.29, 0.717) is 6.04 Å². The number of rotatable bonds is 2. The summed E-state index contributed by atoms with van der Waals surface area (Å²) in [4.78, 5) is 14.5. The molecule has 2 aliphatic rings. The molecule has 21 heavy (non-hydrogen) atoms. The summed E-state index contributed by atoms with van der Waals surface area (Å²) < 4.78 is 3.00. The van der Waals surface area contributed by atoms with Crippen molar-refractivity contribution in [1.29, 1.82) is 0 Å². The quantitative estimate of drug-likeness (QED) is 0.861. The van der Waals surface area contributed by atoms with Gasteiger partial charge in [0.05, 0.1) is 22.3 Å². The van der Waals surface area contributed by atoms with Crippen LogP contribution >= 0.6 is 28.3 Å². The third-order valence-corrected chi connectivity index (χ3v) is 5.03. The van der Waals surface area contributed by atoms with E-state index in [1.54, 1.807) is 0 Å². The number of amides is 1. The standard InChI is InChI=1S/C14H21BrN4O.ClH/c15-11-9-17-19(10-11)12-3-7-18(8-4-12)13(20)14(16)5-1-2-6-14;/h9-10,12H,1-8,16H2;1H. The van der Waals surface area contributed by atoms with E-state index in [-0.39, 0.29) is 18.3 Å². The lowest BCUT2D eigenvalue weighted by molar-refractivity contribution is -0.138. The number of carbonyl (C=O) groups is 1. The Balaban J connectivity index is 0.00000161. The van der Waals surface area contributed by atoms with Crippen molar-refractivity contribution in [3.63, 3.8) is 0 Å². The molecule has 1 aromatic heterocycles. The number of hydrogen-bond donors (Lipinski definition) is 1. The number of carbonyl (C=O) groups excluding carboxylic acids is 1. The molecule has 1 saturated carbocycles. The zero-order valence-electron chi connectivity index (χ0n) is 12.0. The van der Waals surface area contributed by atoms with Crippen molar-refractivity contribution in [1.82, 2.24) is 14.7 Å². The van der Waals surface area contributed by atoms with Crippen LogP contribution in [0, 0.1) is 0 Å². The molecule has 2 N–H and O–H groups in total. The molecule has 0 aromatic carbocycles. The Bertz CT molecular complexity index is 493. The molecule has 2 heterocycles. The van der Waals surface area contributed by atoms with Crippen molar-refractivity contribution in [3.8, 4) is 0 Å². The first-order chi connectivity index (χ1) is 9.58. The average molecular weight is 378 g/mol. The summed E-state index contributed by atoms with van der Waals surface area (Å²) in [5.41, 5.74) is 5.69. The Hall–Kier alpha value is -0.590. The van der Waals surface area contributed by atoms with E-state index in [0.717, 1.165) is 56.1 Å². The van der Waals surface area contributed by atoms with Gasteiger partial charge in [-0.15, -0.1) is 12.4 Å². The summed E-state index contributed by atoms with van der Waals surface area (Å²) in [5.74, 6) is 0.162. The third-order valence-electron chi connectivity index (χ3n) is 4.62. The average Bonchev–Trinajstić information content (AvgIpc) is 3.08. The van der Waals surface area contributed by atoms with Gasteiger partial charge in [0, 0.05) is 19.3 Å². The van der Waals surface area contributed by atoms with Crippen molar-refractivity contribution in [3.05, 3.63) is 16.9 Å². The van der Waals surface area contributed by atoms with Gasteiger partial charge in [-0.05, 0) is 41.6 Å². The van der Waals surface area contributed by atoms with Crippen LogP contribution in [0.25, 0.3) is 0 Å². The molecule has 1 amide bonds. The minimum atomic E-state index is -0.582. The summed E-state index contributed by atoms with van der Waals surface area (Å²) in [6.45, 7) is 1.58. The number of piperidine rings is 1. The molecule has 0 radical (unpaired) electrons. The van der Waals surface area contributed by atoms with Gasteiger partial charge in [-0.1, -0.05) is 12.8 Å². The van der Waals surface area contributed by atoms with E-state index < -0.39 is 5.54 Å². The third kappa shape index (κ3) is 3.43. The highest BCUT2D eigenvalue weighted by Gasteiger charge is 2.40. The lowest BCUT2D eigenvalue weighted by Gasteiger charge is -2.36. The number of halogens is 2. The topological polar surface area (TPSA) is 64.2 Å². The summed E-state index contributed by atoms with van der Waals surface area (Å²) >= 11 is 3.42. The smallest absolute Gasteiger partial charge is 0.242 e. The normalized spacial score (nSPS) is 22.1. The van der Waals surface area contributed by atoms with Crippen LogP contribution in [-0.4, -0.2) is 39.2 Å². The summed E-state index contributed by atoms with van der Waals surface area (Å²) in [6, 6.07) is 0.391. The van der Waals surface area contributed by atoms with Crippen LogP contribution in [0.2, 0.25) is 0 Å². The highest BCUT2D eigenvalue weighted by Crippen LogP contribution is 2.31. The predicted molar refractivity (Wildman–Crippen MR) is 87.4 cm³/mol.